The second kappa shape index (κ2) is 9.65. The Bertz CT molecular complexity index is 652. The maximum Gasteiger partial charge on any atom is 0.159 e. The molecular weight excluding hydrogens is 434 g/mol. The van der Waals surface area contributed by atoms with Crippen molar-refractivity contribution in [2.45, 2.75) is 25.1 Å². The van der Waals surface area contributed by atoms with Crippen LogP contribution in [0.5, 0.6) is 5.75 Å². The first-order valence-electron chi connectivity index (χ1n) is 7.17. The molecule has 0 aliphatic rings. The number of hydrogen-bond acceptors (Lipinski definition) is 3. The minimum atomic E-state index is 0.121. The van der Waals surface area contributed by atoms with Crippen LogP contribution in [0.15, 0.2) is 18.7 Å². The quantitative estimate of drug-likeness (QED) is 0.330. The molecule has 1 atom stereocenters. The van der Waals surface area contributed by atoms with Crippen LogP contribution in [0.2, 0.25) is 25.1 Å². The number of hydrogen-bond donors (Lipinski definition) is 0. The van der Waals surface area contributed by atoms with Gasteiger partial charge in [-0.05, 0) is 12.2 Å². The van der Waals surface area contributed by atoms with Crippen LogP contribution in [0, 0.1) is 0 Å². The summed E-state index contributed by atoms with van der Waals surface area (Å²) in [5.74, 6) is 1.28. The molecule has 0 fully saturated rings. The maximum absolute atomic E-state index is 6.20. The van der Waals surface area contributed by atoms with Gasteiger partial charge in [0.2, 0.25) is 0 Å². The van der Waals surface area contributed by atoms with Crippen LogP contribution in [-0.2, 0) is 6.54 Å². The van der Waals surface area contributed by atoms with E-state index in [1.54, 1.807) is 12.5 Å². The average molecular weight is 449 g/mol. The maximum atomic E-state index is 6.20. The third-order valence-electron chi connectivity index (χ3n) is 3.11. The average Bonchev–Trinajstić information content (AvgIpc) is 3.08. The van der Waals surface area contributed by atoms with E-state index in [1.807, 2.05) is 22.5 Å². The Labute approximate surface area is 170 Å². The van der Waals surface area contributed by atoms with Gasteiger partial charge in [0.15, 0.2) is 5.75 Å². The van der Waals surface area contributed by atoms with Gasteiger partial charge in [0.25, 0.3) is 0 Å². The molecule has 3 nitrogen and oxygen atoms in total. The summed E-state index contributed by atoms with van der Waals surface area (Å²) in [5.41, 5.74) is 0. The standard InChI is InChI=1S/C15H15Cl5N2OS/c1-2-5-24-9(6-22-4-3-21-8-22)7-23-15-13(19)11(17)10(16)12(18)14(15)20/h3-4,8-9H,2,5-7H2,1H3. The zero-order valence-electron chi connectivity index (χ0n) is 12.7. The highest BCUT2D eigenvalue weighted by molar-refractivity contribution is 7.99. The number of thioether (sulfide) groups is 1. The Hall–Kier alpha value is 0.0300. The van der Waals surface area contributed by atoms with E-state index in [1.165, 1.54) is 0 Å². The predicted molar refractivity (Wildman–Crippen MR) is 106 cm³/mol. The first-order valence-corrected chi connectivity index (χ1v) is 10.1. The molecule has 1 aromatic heterocycles. The second-order valence-electron chi connectivity index (χ2n) is 4.96. The molecule has 2 rings (SSSR count). The van der Waals surface area contributed by atoms with Gasteiger partial charge in [-0.2, -0.15) is 11.8 Å². The molecule has 0 radical (unpaired) electrons. The monoisotopic (exact) mass is 446 g/mol. The minimum Gasteiger partial charge on any atom is -0.489 e. The van der Waals surface area contributed by atoms with Gasteiger partial charge in [0, 0.05) is 18.9 Å². The zero-order chi connectivity index (χ0) is 17.7. The van der Waals surface area contributed by atoms with Crippen LogP contribution >= 0.6 is 69.8 Å². The lowest BCUT2D eigenvalue weighted by molar-refractivity contribution is 0.308. The lowest BCUT2D eigenvalue weighted by Gasteiger charge is -2.20. The Morgan fingerprint density at radius 1 is 1.08 bits per heavy atom. The minimum absolute atomic E-state index is 0.121. The van der Waals surface area contributed by atoms with Crippen molar-refractivity contribution in [3.05, 3.63) is 43.8 Å². The van der Waals surface area contributed by atoms with Gasteiger partial charge < -0.3 is 9.30 Å². The normalized spacial score (nSPS) is 12.4. The van der Waals surface area contributed by atoms with E-state index in [4.69, 9.17) is 62.7 Å². The van der Waals surface area contributed by atoms with Crippen molar-refractivity contribution in [2.24, 2.45) is 0 Å². The molecule has 0 spiro atoms. The zero-order valence-corrected chi connectivity index (χ0v) is 17.3. The van der Waals surface area contributed by atoms with Crippen molar-refractivity contribution in [3.8, 4) is 5.75 Å². The van der Waals surface area contributed by atoms with E-state index in [2.05, 4.69) is 11.9 Å². The number of halogens is 5. The molecule has 0 aliphatic carbocycles. The van der Waals surface area contributed by atoms with Crippen molar-refractivity contribution >= 4 is 69.8 Å². The molecule has 1 aromatic carbocycles. The molecule has 132 valence electrons. The smallest absolute Gasteiger partial charge is 0.159 e. The highest BCUT2D eigenvalue weighted by atomic mass is 35.5. The van der Waals surface area contributed by atoms with Crippen LogP contribution in [0.3, 0.4) is 0 Å². The largest absolute Gasteiger partial charge is 0.489 e. The number of ether oxygens (including phenoxy) is 1. The second-order valence-corrected chi connectivity index (χ2v) is 8.26. The third kappa shape index (κ3) is 5.03. The van der Waals surface area contributed by atoms with E-state index in [0.29, 0.717) is 6.61 Å². The molecule has 0 N–H and O–H groups in total. The van der Waals surface area contributed by atoms with Crippen LogP contribution in [0.25, 0.3) is 0 Å². The molecule has 0 amide bonds. The summed E-state index contributed by atoms with van der Waals surface area (Å²) in [5, 5.41) is 0.914. The number of benzene rings is 1. The third-order valence-corrected chi connectivity index (χ3v) is 6.76. The fraction of sp³-hybridized carbons (Fsp3) is 0.400. The molecule has 1 heterocycles. The Morgan fingerprint density at radius 3 is 2.25 bits per heavy atom. The molecule has 2 aromatic rings. The lowest BCUT2D eigenvalue weighted by Crippen LogP contribution is -2.21. The summed E-state index contributed by atoms with van der Waals surface area (Å²) < 4.78 is 7.85. The van der Waals surface area contributed by atoms with Crippen LogP contribution in [-0.4, -0.2) is 27.2 Å². The van der Waals surface area contributed by atoms with Crippen LogP contribution in [0.1, 0.15) is 13.3 Å². The predicted octanol–water partition coefficient (Wildman–Crippen LogP) is 6.74. The molecule has 0 bridgehead atoms. The molecule has 0 saturated heterocycles. The first-order chi connectivity index (χ1) is 11.5. The molecule has 1 unspecified atom stereocenters. The summed E-state index contributed by atoms with van der Waals surface area (Å²) in [6.45, 7) is 3.29. The molecule has 24 heavy (non-hydrogen) atoms. The first kappa shape index (κ1) is 20.3. The summed E-state index contributed by atoms with van der Waals surface area (Å²) >= 11 is 32.3. The Morgan fingerprint density at radius 2 is 1.71 bits per heavy atom. The van der Waals surface area contributed by atoms with E-state index in [9.17, 15) is 0 Å². The van der Waals surface area contributed by atoms with Gasteiger partial charge in [-0.25, -0.2) is 4.98 Å². The Kier molecular flexibility index (Phi) is 8.18. The molecule has 0 saturated carbocycles. The number of nitrogens with zero attached hydrogens (tertiary/aromatic N) is 2. The number of rotatable bonds is 8. The molecular formula is C15H15Cl5N2OS. The van der Waals surface area contributed by atoms with E-state index >= 15 is 0 Å². The van der Waals surface area contributed by atoms with Crippen LogP contribution in [0.4, 0.5) is 0 Å². The van der Waals surface area contributed by atoms with Crippen LogP contribution < -0.4 is 4.74 Å². The highest BCUT2D eigenvalue weighted by Crippen LogP contribution is 2.48. The van der Waals surface area contributed by atoms with E-state index in [0.717, 1.165) is 18.7 Å². The van der Waals surface area contributed by atoms with Crippen molar-refractivity contribution < 1.29 is 4.74 Å². The van der Waals surface area contributed by atoms with Crippen molar-refractivity contribution in [1.29, 1.82) is 0 Å². The van der Waals surface area contributed by atoms with E-state index in [-0.39, 0.29) is 36.1 Å². The summed E-state index contributed by atoms with van der Waals surface area (Å²) in [4.78, 5) is 4.06. The summed E-state index contributed by atoms with van der Waals surface area (Å²) in [6, 6.07) is 0. The van der Waals surface area contributed by atoms with Gasteiger partial charge in [-0.3, -0.25) is 0 Å². The van der Waals surface area contributed by atoms with Gasteiger partial charge in [0.1, 0.15) is 16.7 Å². The van der Waals surface area contributed by atoms with E-state index < -0.39 is 0 Å². The fourth-order valence-electron chi connectivity index (χ4n) is 1.96. The topological polar surface area (TPSA) is 27.1 Å². The number of imidazole rings is 1. The Balaban J connectivity index is 2.13. The highest BCUT2D eigenvalue weighted by Gasteiger charge is 2.22. The summed E-state index contributed by atoms with van der Waals surface area (Å²) in [6.07, 6.45) is 6.51. The van der Waals surface area contributed by atoms with Crippen molar-refractivity contribution in [1.82, 2.24) is 9.55 Å². The lowest BCUT2D eigenvalue weighted by atomic mass is 10.3. The van der Waals surface area contributed by atoms with Gasteiger partial charge in [-0.1, -0.05) is 64.9 Å². The number of aromatic nitrogens is 2. The fourth-order valence-corrected chi connectivity index (χ4v) is 4.20. The SMILES string of the molecule is CCCSC(COc1c(Cl)c(Cl)c(Cl)c(Cl)c1Cl)Cn1ccnc1. The van der Waals surface area contributed by atoms with Gasteiger partial charge in [0.05, 0.1) is 26.6 Å². The van der Waals surface area contributed by atoms with Gasteiger partial charge in [-0.15, -0.1) is 0 Å². The van der Waals surface area contributed by atoms with Crippen molar-refractivity contribution in [2.75, 3.05) is 12.4 Å². The van der Waals surface area contributed by atoms with Crippen molar-refractivity contribution in [3.63, 3.8) is 0 Å². The summed E-state index contributed by atoms with van der Waals surface area (Å²) in [7, 11) is 0. The molecule has 0 aliphatic heterocycles. The molecule has 9 heteroatoms. The van der Waals surface area contributed by atoms with Gasteiger partial charge >= 0.3 is 0 Å².